The number of nitrogens with one attached hydrogen (secondary N) is 1. The highest BCUT2D eigenvalue weighted by atomic mass is 16.5. The van der Waals surface area contributed by atoms with Crippen molar-refractivity contribution in [3.05, 3.63) is 41.9 Å². The van der Waals surface area contributed by atoms with Crippen LogP contribution < -0.4 is 10.1 Å². The molecule has 1 unspecified atom stereocenters. The minimum atomic E-state index is -0.239. The van der Waals surface area contributed by atoms with Gasteiger partial charge in [-0.3, -0.25) is 9.48 Å². The van der Waals surface area contributed by atoms with Crippen molar-refractivity contribution in [3.63, 3.8) is 0 Å². The summed E-state index contributed by atoms with van der Waals surface area (Å²) in [6, 6.07) is 5.65. The van der Waals surface area contributed by atoms with Crippen LogP contribution in [0.4, 0.5) is 0 Å². The van der Waals surface area contributed by atoms with E-state index >= 15 is 0 Å². The molecule has 2 heterocycles. The van der Waals surface area contributed by atoms with Gasteiger partial charge in [0.1, 0.15) is 0 Å². The van der Waals surface area contributed by atoms with Crippen LogP contribution in [0.1, 0.15) is 36.9 Å². The Balaban J connectivity index is 1.49. The molecule has 0 aromatic carbocycles. The molecular formula is C17H22N4O2. The first-order valence-electron chi connectivity index (χ1n) is 7.97. The number of hydrogen-bond acceptors (Lipinski definition) is 4. The van der Waals surface area contributed by atoms with Gasteiger partial charge in [-0.05, 0) is 37.3 Å². The van der Waals surface area contributed by atoms with Gasteiger partial charge in [0.2, 0.25) is 11.8 Å². The molecule has 1 aliphatic carbocycles. The first kappa shape index (κ1) is 15.5. The van der Waals surface area contributed by atoms with Crippen LogP contribution in [-0.4, -0.2) is 27.3 Å². The van der Waals surface area contributed by atoms with Gasteiger partial charge in [0, 0.05) is 32.1 Å². The molecule has 6 heteroatoms. The van der Waals surface area contributed by atoms with Crippen molar-refractivity contribution in [1.29, 1.82) is 0 Å². The van der Waals surface area contributed by atoms with Crippen molar-refractivity contribution < 1.29 is 9.53 Å². The van der Waals surface area contributed by atoms with E-state index in [-0.39, 0.29) is 11.8 Å². The number of pyridine rings is 1. The van der Waals surface area contributed by atoms with Gasteiger partial charge in [0.15, 0.2) is 0 Å². The topological polar surface area (TPSA) is 69.0 Å². The summed E-state index contributed by atoms with van der Waals surface area (Å²) in [7, 11) is 1.84. The van der Waals surface area contributed by atoms with E-state index in [1.54, 1.807) is 17.1 Å². The van der Waals surface area contributed by atoms with Gasteiger partial charge < -0.3 is 10.1 Å². The van der Waals surface area contributed by atoms with Crippen molar-refractivity contribution >= 4 is 5.91 Å². The van der Waals surface area contributed by atoms with Crippen LogP contribution >= 0.6 is 0 Å². The summed E-state index contributed by atoms with van der Waals surface area (Å²) < 4.78 is 7.32. The van der Waals surface area contributed by atoms with Crippen molar-refractivity contribution in [2.24, 2.45) is 13.0 Å². The van der Waals surface area contributed by atoms with Crippen molar-refractivity contribution in [2.45, 2.75) is 32.2 Å². The molecule has 1 amide bonds. The van der Waals surface area contributed by atoms with Crippen LogP contribution in [0, 0.1) is 5.92 Å². The van der Waals surface area contributed by atoms with Crippen molar-refractivity contribution in [2.75, 3.05) is 6.61 Å². The molecule has 0 spiro atoms. The van der Waals surface area contributed by atoms with Gasteiger partial charge in [-0.25, -0.2) is 4.98 Å². The van der Waals surface area contributed by atoms with Gasteiger partial charge in [0.25, 0.3) is 0 Å². The Morgan fingerprint density at radius 1 is 1.43 bits per heavy atom. The number of carbonyl (C=O) groups excluding carboxylic acids is 1. The number of hydrogen-bond donors (Lipinski definition) is 1. The third-order valence-corrected chi connectivity index (χ3v) is 4.12. The van der Waals surface area contributed by atoms with E-state index < -0.39 is 0 Å². The molecular weight excluding hydrogens is 292 g/mol. The highest BCUT2D eigenvalue weighted by molar-refractivity contribution is 5.82. The largest absolute Gasteiger partial charge is 0.477 e. The summed E-state index contributed by atoms with van der Waals surface area (Å²) in [5.41, 5.74) is 1.85. The molecule has 1 fully saturated rings. The Hall–Kier alpha value is -2.37. The van der Waals surface area contributed by atoms with Crippen LogP contribution in [0.3, 0.4) is 0 Å². The first-order chi connectivity index (χ1) is 11.1. The number of carbonyl (C=O) groups is 1. The van der Waals surface area contributed by atoms with E-state index in [1.807, 2.05) is 32.2 Å². The average molecular weight is 314 g/mol. The molecule has 23 heavy (non-hydrogen) atoms. The molecule has 0 saturated heterocycles. The van der Waals surface area contributed by atoms with Gasteiger partial charge in [-0.1, -0.05) is 6.07 Å². The Bertz CT molecular complexity index is 661. The lowest BCUT2D eigenvalue weighted by molar-refractivity contribution is -0.122. The maximum absolute atomic E-state index is 12.2. The molecule has 2 aromatic rings. The second kappa shape index (κ2) is 6.81. The van der Waals surface area contributed by atoms with E-state index in [2.05, 4.69) is 15.4 Å². The van der Waals surface area contributed by atoms with Crippen molar-refractivity contribution in [3.8, 4) is 5.88 Å². The minimum absolute atomic E-state index is 0.0253. The summed E-state index contributed by atoms with van der Waals surface area (Å²) in [4.78, 5) is 16.5. The summed E-state index contributed by atoms with van der Waals surface area (Å²) in [5, 5.41) is 7.03. The molecule has 122 valence electrons. The minimum Gasteiger partial charge on any atom is -0.477 e. The number of aromatic nitrogens is 3. The van der Waals surface area contributed by atoms with Gasteiger partial charge in [-0.15, -0.1) is 0 Å². The van der Waals surface area contributed by atoms with Crippen LogP contribution in [0.15, 0.2) is 30.6 Å². The lowest BCUT2D eigenvalue weighted by Crippen LogP contribution is -2.28. The normalized spacial score (nSPS) is 15.2. The van der Waals surface area contributed by atoms with Crippen LogP contribution in [-0.2, 0) is 18.4 Å². The summed E-state index contributed by atoms with van der Waals surface area (Å²) in [6.07, 6.45) is 5.97. The fourth-order valence-electron chi connectivity index (χ4n) is 2.37. The molecule has 6 nitrogen and oxygen atoms in total. The van der Waals surface area contributed by atoms with Crippen LogP contribution in [0.5, 0.6) is 5.88 Å². The van der Waals surface area contributed by atoms with E-state index in [0.29, 0.717) is 18.3 Å². The monoisotopic (exact) mass is 314 g/mol. The third kappa shape index (κ3) is 4.09. The molecule has 3 rings (SSSR count). The Morgan fingerprint density at radius 3 is 2.87 bits per heavy atom. The highest BCUT2D eigenvalue weighted by Gasteiger charge is 2.22. The molecule has 1 aliphatic rings. The lowest BCUT2D eigenvalue weighted by atomic mass is 10.1. The quantitative estimate of drug-likeness (QED) is 0.849. The summed E-state index contributed by atoms with van der Waals surface area (Å²) >= 11 is 0. The standard InChI is InChI=1S/C17H22N4O2/c1-12(15-7-8-20-21(15)2)17(22)19-10-14-5-6-16(18-9-14)23-11-13-3-4-13/h5-9,12-13H,3-4,10-11H2,1-2H3,(H,19,22). The Labute approximate surface area is 135 Å². The van der Waals surface area contributed by atoms with Crippen LogP contribution in [0.25, 0.3) is 0 Å². The maximum atomic E-state index is 12.2. The van der Waals surface area contributed by atoms with Gasteiger partial charge in [0.05, 0.1) is 18.2 Å². The van der Waals surface area contributed by atoms with E-state index in [9.17, 15) is 4.79 Å². The molecule has 1 atom stereocenters. The number of ether oxygens (including phenoxy) is 1. The molecule has 1 saturated carbocycles. The lowest BCUT2D eigenvalue weighted by Gasteiger charge is -2.12. The fraction of sp³-hybridized carbons (Fsp3) is 0.471. The van der Waals surface area contributed by atoms with Gasteiger partial charge in [-0.2, -0.15) is 5.10 Å². The zero-order valence-corrected chi connectivity index (χ0v) is 13.5. The Kier molecular flexibility index (Phi) is 4.60. The van der Waals surface area contributed by atoms with E-state index in [1.165, 1.54) is 12.8 Å². The molecule has 2 aromatic heterocycles. The number of amides is 1. The number of nitrogens with zero attached hydrogens (tertiary/aromatic N) is 3. The maximum Gasteiger partial charge on any atom is 0.229 e. The predicted octanol–water partition coefficient (Wildman–Crippen LogP) is 2.02. The van der Waals surface area contributed by atoms with E-state index in [0.717, 1.165) is 17.9 Å². The first-order valence-corrected chi connectivity index (χ1v) is 7.97. The summed E-state index contributed by atoms with van der Waals surface area (Å²) in [5.74, 6) is 1.10. The highest BCUT2D eigenvalue weighted by Crippen LogP contribution is 2.29. The smallest absolute Gasteiger partial charge is 0.229 e. The second-order valence-electron chi connectivity index (χ2n) is 6.08. The number of aryl methyl sites for hydroxylation is 1. The van der Waals surface area contributed by atoms with Crippen molar-refractivity contribution in [1.82, 2.24) is 20.1 Å². The molecule has 1 N–H and O–H groups in total. The summed E-state index contributed by atoms with van der Waals surface area (Å²) in [6.45, 7) is 3.08. The third-order valence-electron chi connectivity index (χ3n) is 4.12. The average Bonchev–Trinajstić information content (AvgIpc) is 3.30. The van der Waals surface area contributed by atoms with E-state index in [4.69, 9.17) is 4.74 Å². The molecule has 0 radical (unpaired) electrons. The second-order valence-corrected chi connectivity index (χ2v) is 6.08. The Morgan fingerprint density at radius 2 is 2.26 bits per heavy atom. The fourth-order valence-corrected chi connectivity index (χ4v) is 2.37. The number of rotatable bonds is 7. The molecule has 0 aliphatic heterocycles. The van der Waals surface area contributed by atoms with Gasteiger partial charge >= 0.3 is 0 Å². The zero-order chi connectivity index (χ0) is 16.2. The predicted molar refractivity (Wildman–Crippen MR) is 85.9 cm³/mol. The van der Waals surface area contributed by atoms with Crippen LogP contribution in [0.2, 0.25) is 0 Å². The molecule has 0 bridgehead atoms. The zero-order valence-electron chi connectivity index (χ0n) is 13.5. The SMILES string of the molecule is CC(C(=O)NCc1ccc(OCC2CC2)nc1)c1ccnn1C.